The zero-order valence-corrected chi connectivity index (χ0v) is 27.0. The zero-order chi connectivity index (χ0) is 29.8. The summed E-state index contributed by atoms with van der Waals surface area (Å²) in [7, 11) is 0. The van der Waals surface area contributed by atoms with Gasteiger partial charge in [0.05, 0.1) is 20.0 Å². The van der Waals surface area contributed by atoms with Crippen LogP contribution in [-0.2, 0) is 6.61 Å². The highest BCUT2D eigenvalue weighted by Crippen LogP contribution is 2.32. The molecule has 0 bridgehead atoms. The van der Waals surface area contributed by atoms with Gasteiger partial charge in [0.1, 0.15) is 12.4 Å². The molecule has 43 heavy (non-hydrogen) atoms. The van der Waals surface area contributed by atoms with Crippen molar-refractivity contribution in [2.45, 2.75) is 13.5 Å². The van der Waals surface area contributed by atoms with E-state index in [9.17, 15) is 4.79 Å². The van der Waals surface area contributed by atoms with E-state index < -0.39 is 0 Å². The number of ether oxygens (including phenoxy) is 1. The fourth-order valence-corrected chi connectivity index (χ4v) is 6.75. The summed E-state index contributed by atoms with van der Waals surface area (Å²) < 4.78 is 10.1. The number of nitrogens with one attached hydrogen (secondary N) is 1. The minimum atomic E-state index is -0.278. The smallest absolute Gasteiger partial charge is 0.271 e. The fourth-order valence-electron chi connectivity index (χ4n) is 4.98. The highest BCUT2D eigenvalue weighted by molar-refractivity contribution is 14.1. The first-order chi connectivity index (χ1) is 21.0. The van der Waals surface area contributed by atoms with Gasteiger partial charge < -0.3 is 9.30 Å². The van der Waals surface area contributed by atoms with E-state index in [0.29, 0.717) is 12.2 Å². The first-order valence-corrected chi connectivity index (χ1v) is 15.6. The lowest BCUT2D eigenvalue weighted by Crippen LogP contribution is -2.17. The van der Waals surface area contributed by atoms with Crippen molar-refractivity contribution < 1.29 is 9.53 Å². The first kappa shape index (κ1) is 28.9. The van der Waals surface area contributed by atoms with E-state index in [1.165, 1.54) is 10.8 Å². The quantitative estimate of drug-likeness (QED) is 0.0962. The lowest BCUT2D eigenvalue weighted by molar-refractivity contribution is 0.0955. The van der Waals surface area contributed by atoms with Crippen molar-refractivity contribution in [1.29, 1.82) is 0 Å². The molecule has 0 radical (unpaired) electrons. The molecule has 0 fully saturated rings. The predicted molar refractivity (Wildman–Crippen MR) is 186 cm³/mol. The molecule has 1 amide bonds. The summed E-state index contributed by atoms with van der Waals surface area (Å²) >= 11 is 5.89. The Labute approximate surface area is 272 Å². The number of amides is 1. The van der Waals surface area contributed by atoms with E-state index in [-0.39, 0.29) is 5.91 Å². The number of halogens is 2. The third kappa shape index (κ3) is 6.58. The average Bonchev–Trinajstić information content (AvgIpc) is 3.42. The van der Waals surface area contributed by atoms with Crippen LogP contribution in [0.2, 0.25) is 0 Å². The summed E-state index contributed by atoms with van der Waals surface area (Å²) in [4.78, 5) is 12.8. The Morgan fingerprint density at radius 2 is 1.63 bits per heavy atom. The van der Waals surface area contributed by atoms with E-state index >= 15 is 0 Å². The van der Waals surface area contributed by atoms with Crippen molar-refractivity contribution in [3.63, 3.8) is 0 Å². The van der Waals surface area contributed by atoms with Crippen LogP contribution in [0.1, 0.15) is 27.2 Å². The minimum Gasteiger partial charge on any atom is -0.487 e. The molecule has 212 valence electrons. The third-order valence-electron chi connectivity index (χ3n) is 7.13. The Balaban J connectivity index is 1.09. The van der Waals surface area contributed by atoms with Crippen LogP contribution in [0.15, 0.2) is 131 Å². The number of hydrogen-bond donors (Lipinski definition) is 1. The van der Waals surface area contributed by atoms with E-state index in [2.05, 4.69) is 115 Å². The Hall–Kier alpha value is -4.21. The molecule has 0 saturated heterocycles. The van der Waals surface area contributed by atoms with E-state index in [4.69, 9.17) is 4.74 Å². The van der Waals surface area contributed by atoms with E-state index in [0.717, 1.165) is 47.6 Å². The van der Waals surface area contributed by atoms with Crippen molar-refractivity contribution in [3.8, 4) is 22.7 Å². The van der Waals surface area contributed by atoms with Gasteiger partial charge in [-0.3, -0.25) is 4.79 Å². The normalized spacial score (nSPS) is 11.2. The number of aromatic nitrogens is 1. The zero-order valence-electron chi connectivity index (χ0n) is 23.3. The van der Waals surface area contributed by atoms with Gasteiger partial charge in [-0.25, -0.2) is 5.43 Å². The monoisotopic (exact) mass is 739 g/mol. The highest BCUT2D eigenvalue weighted by atomic mass is 127. The topological polar surface area (TPSA) is 55.6 Å². The van der Waals surface area contributed by atoms with Gasteiger partial charge in [-0.15, -0.1) is 0 Å². The number of nitrogens with zero attached hydrogens (tertiary/aromatic N) is 2. The molecule has 5 nitrogen and oxygen atoms in total. The van der Waals surface area contributed by atoms with Crippen LogP contribution in [0.5, 0.6) is 5.75 Å². The van der Waals surface area contributed by atoms with Gasteiger partial charge in [0.2, 0.25) is 0 Å². The van der Waals surface area contributed by atoms with Crippen LogP contribution in [0.4, 0.5) is 0 Å². The number of benzene rings is 5. The SMILES string of the molecule is Cc1ccc(-c2ccccc2)n1-c1ccc(C(=O)N/N=C/c2cc(Br)c(OCc3ccc4ccccc4c3)c(I)c2)cc1. The van der Waals surface area contributed by atoms with Crippen molar-refractivity contribution in [3.05, 3.63) is 152 Å². The molecule has 6 rings (SSSR count). The Kier molecular flexibility index (Phi) is 8.72. The number of aryl methyl sites for hydroxylation is 1. The lowest BCUT2D eigenvalue weighted by atomic mass is 10.1. The molecule has 0 aliphatic carbocycles. The molecule has 0 atom stereocenters. The van der Waals surface area contributed by atoms with Gasteiger partial charge in [0, 0.05) is 16.9 Å². The van der Waals surface area contributed by atoms with Crippen LogP contribution in [-0.4, -0.2) is 16.7 Å². The Morgan fingerprint density at radius 1 is 0.884 bits per heavy atom. The largest absolute Gasteiger partial charge is 0.487 e. The third-order valence-corrected chi connectivity index (χ3v) is 8.52. The van der Waals surface area contributed by atoms with Crippen LogP contribution < -0.4 is 10.2 Å². The van der Waals surface area contributed by atoms with Crippen LogP contribution in [0, 0.1) is 10.5 Å². The number of carbonyl (C=O) groups excluding carboxylic acids is 1. The summed E-state index contributed by atoms with van der Waals surface area (Å²) in [5.41, 5.74) is 9.45. The van der Waals surface area contributed by atoms with Crippen molar-refractivity contribution in [2.75, 3.05) is 0 Å². The molecular formula is C36H27BrIN3O2. The van der Waals surface area contributed by atoms with Gasteiger partial charge in [-0.1, -0.05) is 66.7 Å². The van der Waals surface area contributed by atoms with Gasteiger partial charge in [-0.2, -0.15) is 5.10 Å². The Bertz CT molecular complexity index is 1930. The molecule has 0 saturated carbocycles. The van der Waals surface area contributed by atoms with Crippen LogP contribution in [0.25, 0.3) is 27.7 Å². The molecule has 0 unspecified atom stereocenters. The number of fused-ring (bicyclic) bond motifs is 1. The highest BCUT2D eigenvalue weighted by Gasteiger charge is 2.12. The molecule has 7 heteroatoms. The molecule has 0 aliphatic rings. The van der Waals surface area contributed by atoms with Gasteiger partial charge in [-0.05, 0) is 128 Å². The minimum absolute atomic E-state index is 0.278. The average molecular weight is 740 g/mol. The maximum absolute atomic E-state index is 12.8. The molecule has 6 aromatic rings. The summed E-state index contributed by atoms with van der Waals surface area (Å²) in [6.07, 6.45) is 1.63. The Morgan fingerprint density at radius 3 is 2.40 bits per heavy atom. The molecule has 0 spiro atoms. The molecule has 5 aromatic carbocycles. The first-order valence-electron chi connectivity index (χ1n) is 13.7. The van der Waals surface area contributed by atoms with Crippen molar-refractivity contribution >= 4 is 61.4 Å². The lowest BCUT2D eigenvalue weighted by Gasteiger charge is -2.13. The standard InChI is InChI=1S/C36H27BrIN3O2/c1-24-11-18-34(28-8-3-2-4-9-28)41(24)31-16-14-29(15-17-31)36(42)40-39-22-26-20-32(37)35(33(38)21-26)43-23-25-12-13-27-7-5-6-10-30(27)19-25/h2-22H,23H2,1H3,(H,40,42)/b39-22+. The maximum atomic E-state index is 12.8. The second-order valence-electron chi connectivity index (χ2n) is 10.1. The summed E-state index contributed by atoms with van der Waals surface area (Å²) in [5.74, 6) is 0.489. The summed E-state index contributed by atoms with van der Waals surface area (Å²) in [6.45, 7) is 2.53. The van der Waals surface area contributed by atoms with E-state index in [1.807, 2.05) is 66.7 Å². The van der Waals surface area contributed by atoms with Gasteiger partial charge in [0.15, 0.2) is 0 Å². The predicted octanol–water partition coefficient (Wildman–Crippen LogP) is 9.32. The van der Waals surface area contributed by atoms with Crippen molar-refractivity contribution in [1.82, 2.24) is 9.99 Å². The second-order valence-corrected chi connectivity index (χ2v) is 12.1. The number of hydrogen-bond acceptors (Lipinski definition) is 3. The second kappa shape index (κ2) is 13.0. The number of carbonyl (C=O) groups is 1. The fraction of sp³-hybridized carbons (Fsp3) is 0.0556. The number of hydrazone groups is 1. The molecule has 1 aromatic heterocycles. The van der Waals surface area contributed by atoms with Gasteiger partial charge in [0.25, 0.3) is 5.91 Å². The summed E-state index contributed by atoms with van der Waals surface area (Å²) in [6, 6.07) is 40.5. The van der Waals surface area contributed by atoms with Gasteiger partial charge >= 0.3 is 0 Å². The van der Waals surface area contributed by atoms with Crippen molar-refractivity contribution in [2.24, 2.45) is 5.10 Å². The molecule has 0 aliphatic heterocycles. The van der Waals surface area contributed by atoms with E-state index in [1.54, 1.807) is 6.21 Å². The van der Waals surface area contributed by atoms with Crippen LogP contribution in [0.3, 0.4) is 0 Å². The molecule has 1 N–H and O–H groups in total. The molecule has 1 heterocycles. The van der Waals surface area contributed by atoms with Crippen LogP contribution >= 0.6 is 38.5 Å². The molecular weight excluding hydrogens is 713 g/mol. The number of rotatable bonds is 8. The summed E-state index contributed by atoms with van der Waals surface area (Å²) in [5, 5.41) is 6.60. The maximum Gasteiger partial charge on any atom is 0.271 e.